The molecule has 0 aliphatic heterocycles. The molecule has 106 valence electrons. The van der Waals surface area contributed by atoms with E-state index in [1.807, 2.05) is 37.4 Å². The van der Waals surface area contributed by atoms with Gasteiger partial charge in [-0.25, -0.2) is 0 Å². The number of carboxylic acids is 1. The van der Waals surface area contributed by atoms with E-state index in [-0.39, 0.29) is 0 Å². The number of hydrogen-bond acceptors (Lipinski definition) is 3. The van der Waals surface area contributed by atoms with Gasteiger partial charge in [0.15, 0.2) is 0 Å². The number of carbonyl (C=O) groups is 1. The maximum atomic E-state index is 11.3. The normalized spacial score (nSPS) is 12.3. The topological polar surface area (TPSA) is 67.2 Å². The fourth-order valence-electron chi connectivity index (χ4n) is 1.95. The number of halogens is 1. The minimum Gasteiger partial charge on any atom is -0.480 e. The number of rotatable bonds is 6. The highest BCUT2D eigenvalue weighted by molar-refractivity contribution is 9.10. The lowest BCUT2D eigenvalue weighted by Gasteiger charge is -2.14. The number of nitrogens with one attached hydrogen (secondary N) is 1. The van der Waals surface area contributed by atoms with Crippen LogP contribution in [0.25, 0.3) is 0 Å². The Morgan fingerprint density at radius 2 is 2.30 bits per heavy atom. The SMILES string of the molecule is Cn1nccc1CNC(Cc1cccc(Br)c1)C(=O)O. The van der Waals surface area contributed by atoms with Crippen LogP contribution in [0.3, 0.4) is 0 Å². The molecular formula is C14H16BrN3O2. The Labute approximate surface area is 125 Å². The Bertz CT molecular complexity index is 598. The molecule has 1 atom stereocenters. The first-order valence-electron chi connectivity index (χ1n) is 6.24. The lowest BCUT2D eigenvalue weighted by molar-refractivity contribution is -0.139. The van der Waals surface area contributed by atoms with Gasteiger partial charge in [-0.1, -0.05) is 28.1 Å². The highest BCUT2D eigenvalue weighted by Gasteiger charge is 2.17. The molecule has 0 saturated carbocycles. The molecule has 20 heavy (non-hydrogen) atoms. The van der Waals surface area contributed by atoms with Crippen molar-refractivity contribution in [1.29, 1.82) is 0 Å². The van der Waals surface area contributed by atoms with Crippen molar-refractivity contribution in [2.45, 2.75) is 19.0 Å². The van der Waals surface area contributed by atoms with Crippen LogP contribution in [0.1, 0.15) is 11.3 Å². The molecule has 0 bridgehead atoms. The maximum Gasteiger partial charge on any atom is 0.321 e. The fourth-order valence-corrected chi connectivity index (χ4v) is 2.40. The van der Waals surface area contributed by atoms with Gasteiger partial charge in [0, 0.05) is 24.3 Å². The number of carboxylic acid groups (broad SMARTS) is 1. The second-order valence-electron chi connectivity index (χ2n) is 4.55. The summed E-state index contributed by atoms with van der Waals surface area (Å²) in [6.07, 6.45) is 2.13. The van der Waals surface area contributed by atoms with Crippen molar-refractivity contribution in [3.8, 4) is 0 Å². The predicted molar refractivity (Wildman–Crippen MR) is 79.3 cm³/mol. The van der Waals surface area contributed by atoms with E-state index in [1.165, 1.54) is 0 Å². The molecular weight excluding hydrogens is 322 g/mol. The number of aryl methyl sites for hydroxylation is 1. The van der Waals surface area contributed by atoms with Crippen molar-refractivity contribution in [3.63, 3.8) is 0 Å². The molecule has 1 aromatic heterocycles. The van der Waals surface area contributed by atoms with E-state index in [0.29, 0.717) is 13.0 Å². The molecule has 2 rings (SSSR count). The Kier molecular flexibility index (Phi) is 4.92. The average Bonchev–Trinajstić information content (AvgIpc) is 2.80. The van der Waals surface area contributed by atoms with Gasteiger partial charge in [0.25, 0.3) is 0 Å². The van der Waals surface area contributed by atoms with Gasteiger partial charge in [-0.15, -0.1) is 0 Å². The highest BCUT2D eigenvalue weighted by atomic mass is 79.9. The van der Waals surface area contributed by atoms with E-state index in [9.17, 15) is 9.90 Å². The number of nitrogens with zero attached hydrogens (tertiary/aromatic N) is 2. The first-order valence-corrected chi connectivity index (χ1v) is 7.03. The summed E-state index contributed by atoms with van der Waals surface area (Å²) in [4.78, 5) is 11.3. The Hall–Kier alpha value is -1.66. The molecule has 1 aromatic carbocycles. The molecule has 0 saturated heterocycles. The minimum atomic E-state index is -0.854. The summed E-state index contributed by atoms with van der Waals surface area (Å²) in [5.41, 5.74) is 1.93. The van der Waals surface area contributed by atoms with E-state index >= 15 is 0 Å². The van der Waals surface area contributed by atoms with Crippen molar-refractivity contribution in [3.05, 3.63) is 52.3 Å². The zero-order valence-corrected chi connectivity index (χ0v) is 12.7. The first-order chi connectivity index (χ1) is 9.56. The van der Waals surface area contributed by atoms with Gasteiger partial charge >= 0.3 is 5.97 Å². The van der Waals surface area contributed by atoms with E-state index in [2.05, 4.69) is 26.3 Å². The van der Waals surface area contributed by atoms with E-state index in [0.717, 1.165) is 15.7 Å². The number of hydrogen-bond donors (Lipinski definition) is 2. The molecule has 1 unspecified atom stereocenters. The minimum absolute atomic E-state index is 0.437. The second kappa shape index (κ2) is 6.67. The molecule has 6 heteroatoms. The van der Waals surface area contributed by atoms with Crippen molar-refractivity contribution in [2.75, 3.05) is 0 Å². The molecule has 1 heterocycles. The fraction of sp³-hybridized carbons (Fsp3) is 0.286. The third kappa shape index (κ3) is 3.91. The van der Waals surface area contributed by atoms with Crippen LogP contribution < -0.4 is 5.32 Å². The molecule has 5 nitrogen and oxygen atoms in total. The average molecular weight is 338 g/mol. The van der Waals surface area contributed by atoms with Crippen molar-refractivity contribution in [1.82, 2.24) is 15.1 Å². The summed E-state index contributed by atoms with van der Waals surface area (Å²) in [7, 11) is 1.83. The summed E-state index contributed by atoms with van der Waals surface area (Å²) in [6.45, 7) is 0.474. The van der Waals surface area contributed by atoms with Crippen LogP contribution in [0.4, 0.5) is 0 Å². The zero-order chi connectivity index (χ0) is 14.5. The zero-order valence-electron chi connectivity index (χ0n) is 11.1. The van der Waals surface area contributed by atoms with Crippen LogP contribution in [0, 0.1) is 0 Å². The molecule has 2 N–H and O–H groups in total. The Morgan fingerprint density at radius 1 is 1.50 bits per heavy atom. The van der Waals surface area contributed by atoms with Gasteiger partial charge in [0.1, 0.15) is 6.04 Å². The number of benzene rings is 1. The van der Waals surface area contributed by atoms with Crippen LogP contribution in [0.5, 0.6) is 0 Å². The third-order valence-electron chi connectivity index (χ3n) is 3.08. The summed E-state index contributed by atoms with van der Waals surface area (Å²) in [6, 6.07) is 8.92. The summed E-state index contributed by atoms with van der Waals surface area (Å²) >= 11 is 3.39. The Morgan fingerprint density at radius 3 is 2.90 bits per heavy atom. The summed E-state index contributed by atoms with van der Waals surface area (Å²) in [5.74, 6) is -0.854. The van der Waals surface area contributed by atoms with Gasteiger partial charge in [0.05, 0.1) is 5.69 Å². The molecule has 0 spiro atoms. The van der Waals surface area contributed by atoms with Gasteiger partial charge in [-0.2, -0.15) is 5.10 Å². The highest BCUT2D eigenvalue weighted by Crippen LogP contribution is 2.13. The van der Waals surface area contributed by atoms with Crippen LogP contribution in [-0.2, 0) is 24.8 Å². The predicted octanol–water partition coefficient (Wildman–Crippen LogP) is 1.97. The second-order valence-corrected chi connectivity index (χ2v) is 5.47. The largest absolute Gasteiger partial charge is 0.480 e. The van der Waals surface area contributed by atoms with Crippen molar-refractivity contribution in [2.24, 2.45) is 7.05 Å². The lowest BCUT2D eigenvalue weighted by Crippen LogP contribution is -2.38. The standard InChI is InChI=1S/C14H16BrN3O2/c1-18-12(5-6-17-18)9-16-13(14(19)20)8-10-3-2-4-11(15)7-10/h2-7,13,16H,8-9H2,1H3,(H,19,20). The van der Waals surface area contributed by atoms with E-state index in [4.69, 9.17) is 0 Å². The Balaban J connectivity index is 2.01. The van der Waals surface area contributed by atoms with Crippen LogP contribution in [-0.4, -0.2) is 26.9 Å². The van der Waals surface area contributed by atoms with E-state index < -0.39 is 12.0 Å². The van der Waals surface area contributed by atoms with Crippen LogP contribution in [0.2, 0.25) is 0 Å². The quantitative estimate of drug-likeness (QED) is 0.845. The monoisotopic (exact) mass is 337 g/mol. The lowest BCUT2D eigenvalue weighted by atomic mass is 10.1. The van der Waals surface area contributed by atoms with Gasteiger partial charge in [-0.3, -0.25) is 14.8 Å². The molecule has 0 fully saturated rings. The molecule has 0 amide bonds. The maximum absolute atomic E-state index is 11.3. The van der Waals surface area contributed by atoms with E-state index in [1.54, 1.807) is 10.9 Å². The van der Waals surface area contributed by atoms with Gasteiger partial charge in [-0.05, 0) is 30.2 Å². The molecule has 0 radical (unpaired) electrons. The van der Waals surface area contributed by atoms with Crippen LogP contribution in [0.15, 0.2) is 41.0 Å². The smallest absolute Gasteiger partial charge is 0.321 e. The van der Waals surface area contributed by atoms with Crippen LogP contribution >= 0.6 is 15.9 Å². The molecule has 2 aromatic rings. The van der Waals surface area contributed by atoms with Gasteiger partial charge < -0.3 is 5.11 Å². The number of aliphatic carboxylic acids is 1. The summed E-state index contributed by atoms with van der Waals surface area (Å²) in [5, 5.41) is 16.4. The van der Waals surface area contributed by atoms with Gasteiger partial charge in [0.2, 0.25) is 0 Å². The van der Waals surface area contributed by atoms with Crippen molar-refractivity contribution < 1.29 is 9.90 Å². The summed E-state index contributed by atoms with van der Waals surface area (Å²) < 4.78 is 2.68. The third-order valence-corrected chi connectivity index (χ3v) is 3.57. The number of aromatic nitrogens is 2. The van der Waals surface area contributed by atoms with Crippen molar-refractivity contribution >= 4 is 21.9 Å². The first kappa shape index (κ1) is 14.7. The molecule has 0 aliphatic carbocycles. The molecule has 0 aliphatic rings.